The first-order valence-electron chi connectivity index (χ1n) is 5.71. The van der Waals surface area contributed by atoms with E-state index in [4.69, 9.17) is 11.6 Å². The molecule has 0 fully saturated rings. The monoisotopic (exact) mass is 310 g/mol. The summed E-state index contributed by atoms with van der Waals surface area (Å²) in [5.41, 5.74) is -0.123. The fraction of sp³-hybridized carbons (Fsp3) is 0.154. The van der Waals surface area contributed by atoms with Crippen LogP contribution in [0.15, 0.2) is 35.7 Å². The number of halogens is 1. The third-order valence-electron chi connectivity index (χ3n) is 2.73. The molecule has 5 nitrogen and oxygen atoms in total. The predicted molar refractivity (Wildman–Crippen MR) is 78.2 cm³/mol. The van der Waals surface area contributed by atoms with Gasteiger partial charge < -0.3 is 4.90 Å². The number of hydrogen-bond acceptors (Lipinski definition) is 4. The summed E-state index contributed by atoms with van der Waals surface area (Å²) in [6.45, 7) is 0.440. The van der Waals surface area contributed by atoms with Gasteiger partial charge in [0, 0.05) is 18.0 Å². The van der Waals surface area contributed by atoms with E-state index in [0.29, 0.717) is 6.54 Å². The lowest BCUT2D eigenvalue weighted by atomic mass is 10.1. The largest absolute Gasteiger partial charge is 0.337 e. The van der Waals surface area contributed by atoms with E-state index in [1.807, 2.05) is 17.5 Å². The number of thiophene rings is 1. The highest BCUT2D eigenvalue weighted by atomic mass is 35.5. The number of hydrogen-bond donors (Lipinski definition) is 0. The Morgan fingerprint density at radius 1 is 1.40 bits per heavy atom. The van der Waals surface area contributed by atoms with Crippen molar-refractivity contribution in [3.05, 3.63) is 61.3 Å². The van der Waals surface area contributed by atoms with Crippen molar-refractivity contribution in [2.75, 3.05) is 7.05 Å². The Morgan fingerprint density at radius 3 is 2.75 bits per heavy atom. The molecule has 0 N–H and O–H groups in total. The average Bonchev–Trinajstić information content (AvgIpc) is 2.90. The number of nitro benzene ring substituents is 1. The SMILES string of the molecule is CN(Cc1cccs1)C(=O)c1cccc([N+](=O)[O-])c1Cl. The van der Waals surface area contributed by atoms with E-state index in [0.717, 1.165) is 4.88 Å². The Hall–Kier alpha value is -1.92. The summed E-state index contributed by atoms with van der Waals surface area (Å²) < 4.78 is 0. The van der Waals surface area contributed by atoms with Gasteiger partial charge in [-0.15, -0.1) is 11.3 Å². The molecule has 0 aliphatic heterocycles. The van der Waals surface area contributed by atoms with Crippen LogP contribution in [0.4, 0.5) is 5.69 Å². The van der Waals surface area contributed by atoms with Crippen LogP contribution in [-0.2, 0) is 6.54 Å². The molecular weight excluding hydrogens is 300 g/mol. The van der Waals surface area contributed by atoms with Gasteiger partial charge in [-0.05, 0) is 17.5 Å². The van der Waals surface area contributed by atoms with Crippen LogP contribution in [0.3, 0.4) is 0 Å². The zero-order chi connectivity index (χ0) is 14.7. The number of nitro groups is 1. The predicted octanol–water partition coefficient (Wildman–Crippen LogP) is 3.58. The topological polar surface area (TPSA) is 63.5 Å². The molecule has 0 aliphatic rings. The minimum absolute atomic E-state index is 0.125. The van der Waals surface area contributed by atoms with Gasteiger partial charge in [0.05, 0.1) is 17.0 Å². The first-order chi connectivity index (χ1) is 9.50. The van der Waals surface area contributed by atoms with E-state index in [1.54, 1.807) is 18.4 Å². The first kappa shape index (κ1) is 14.5. The summed E-state index contributed by atoms with van der Waals surface area (Å²) in [5, 5.41) is 12.6. The lowest BCUT2D eigenvalue weighted by Crippen LogP contribution is -2.26. The molecule has 0 unspecified atom stereocenters. The third kappa shape index (κ3) is 2.97. The van der Waals surface area contributed by atoms with Crippen molar-refractivity contribution in [2.45, 2.75) is 6.54 Å². The van der Waals surface area contributed by atoms with Crippen LogP contribution >= 0.6 is 22.9 Å². The van der Waals surface area contributed by atoms with E-state index in [9.17, 15) is 14.9 Å². The fourth-order valence-corrected chi connectivity index (χ4v) is 2.77. The second-order valence-electron chi connectivity index (χ2n) is 4.14. The molecular formula is C13H11ClN2O3S. The van der Waals surface area contributed by atoms with Crippen LogP contribution in [0.25, 0.3) is 0 Å². The molecule has 0 bridgehead atoms. The minimum atomic E-state index is -0.599. The zero-order valence-electron chi connectivity index (χ0n) is 10.6. The van der Waals surface area contributed by atoms with Crippen molar-refractivity contribution in [1.82, 2.24) is 4.90 Å². The molecule has 2 rings (SSSR count). The van der Waals surface area contributed by atoms with Crippen molar-refractivity contribution in [3.8, 4) is 0 Å². The second-order valence-corrected chi connectivity index (χ2v) is 5.55. The van der Waals surface area contributed by atoms with E-state index < -0.39 is 4.92 Å². The van der Waals surface area contributed by atoms with Gasteiger partial charge in [0.2, 0.25) is 0 Å². The highest BCUT2D eigenvalue weighted by Gasteiger charge is 2.22. The Bertz CT molecular complexity index is 643. The molecule has 0 saturated carbocycles. The van der Waals surface area contributed by atoms with Crippen LogP contribution < -0.4 is 0 Å². The number of carbonyl (C=O) groups excluding carboxylic acids is 1. The molecule has 1 aromatic heterocycles. The van der Waals surface area contributed by atoms with Gasteiger partial charge in [0.25, 0.3) is 11.6 Å². The summed E-state index contributed by atoms with van der Waals surface area (Å²) >= 11 is 7.48. The summed E-state index contributed by atoms with van der Waals surface area (Å²) in [6.07, 6.45) is 0. The number of rotatable bonds is 4. The lowest BCUT2D eigenvalue weighted by molar-refractivity contribution is -0.384. The number of benzene rings is 1. The molecule has 0 aliphatic carbocycles. The average molecular weight is 311 g/mol. The zero-order valence-corrected chi connectivity index (χ0v) is 12.1. The molecule has 0 saturated heterocycles. The van der Waals surface area contributed by atoms with Crippen LogP contribution in [0, 0.1) is 10.1 Å². The van der Waals surface area contributed by atoms with Gasteiger partial charge in [-0.3, -0.25) is 14.9 Å². The summed E-state index contributed by atoms with van der Waals surface area (Å²) in [4.78, 5) is 25.0. The van der Waals surface area contributed by atoms with Gasteiger partial charge in [0.1, 0.15) is 5.02 Å². The maximum Gasteiger partial charge on any atom is 0.288 e. The Balaban J connectivity index is 2.25. The number of nitrogens with zero attached hydrogens (tertiary/aromatic N) is 2. The highest BCUT2D eigenvalue weighted by Crippen LogP contribution is 2.28. The van der Waals surface area contributed by atoms with E-state index >= 15 is 0 Å². The molecule has 7 heteroatoms. The summed E-state index contributed by atoms with van der Waals surface area (Å²) in [7, 11) is 1.64. The molecule has 1 amide bonds. The molecule has 104 valence electrons. The van der Waals surface area contributed by atoms with E-state index in [-0.39, 0.29) is 22.2 Å². The first-order valence-corrected chi connectivity index (χ1v) is 6.97. The number of carbonyl (C=O) groups is 1. The summed E-state index contributed by atoms with van der Waals surface area (Å²) in [5.74, 6) is -0.341. The molecule has 0 atom stereocenters. The minimum Gasteiger partial charge on any atom is -0.337 e. The Kier molecular flexibility index (Phi) is 4.36. The second kappa shape index (κ2) is 6.02. The normalized spacial score (nSPS) is 10.3. The van der Waals surface area contributed by atoms with Gasteiger partial charge >= 0.3 is 0 Å². The van der Waals surface area contributed by atoms with Gasteiger partial charge in [-0.1, -0.05) is 23.7 Å². The standard InChI is InChI=1S/C13H11ClN2O3S/c1-15(8-9-4-3-7-20-9)13(17)10-5-2-6-11(12(10)14)16(18)19/h2-7H,8H2,1H3. The Labute approximate surface area is 124 Å². The molecule has 20 heavy (non-hydrogen) atoms. The van der Waals surface area contributed by atoms with Crippen LogP contribution in [0.2, 0.25) is 5.02 Å². The van der Waals surface area contributed by atoms with Gasteiger partial charge in [0.15, 0.2) is 0 Å². The fourth-order valence-electron chi connectivity index (χ4n) is 1.74. The van der Waals surface area contributed by atoms with E-state index in [1.165, 1.54) is 23.1 Å². The van der Waals surface area contributed by atoms with Crippen molar-refractivity contribution >= 4 is 34.5 Å². The van der Waals surface area contributed by atoms with Crippen LogP contribution in [0.1, 0.15) is 15.2 Å². The van der Waals surface area contributed by atoms with Gasteiger partial charge in [-0.2, -0.15) is 0 Å². The Morgan fingerprint density at radius 2 is 2.15 bits per heavy atom. The van der Waals surface area contributed by atoms with Crippen LogP contribution in [0.5, 0.6) is 0 Å². The van der Waals surface area contributed by atoms with Crippen molar-refractivity contribution in [1.29, 1.82) is 0 Å². The molecule has 1 aromatic carbocycles. The molecule has 1 heterocycles. The molecule has 0 radical (unpaired) electrons. The highest BCUT2D eigenvalue weighted by molar-refractivity contribution is 7.09. The van der Waals surface area contributed by atoms with E-state index in [2.05, 4.69) is 0 Å². The van der Waals surface area contributed by atoms with Crippen molar-refractivity contribution in [2.24, 2.45) is 0 Å². The maximum absolute atomic E-state index is 12.3. The van der Waals surface area contributed by atoms with Crippen molar-refractivity contribution < 1.29 is 9.72 Å². The van der Waals surface area contributed by atoms with Crippen LogP contribution in [-0.4, -0.2) is 22.8 Å². The molecule has 0 spiro atoms. The van der Waals surface area contributed by atoms with Crippen molar-refractivity contribution in [3.63, 3.8) is 0 Å². The van der Waals surface area contributed by atoms with Gasteiger partial charge in [-0.25, -0.2) is 0 Å². The third-order valence-corrected chi connectivity index (χ3v) is 3.98. The lowest BCUT2D eigenvalue weighted by Gasteiger charge is -2.16. The molecule has 2 aromatic rings. The maximum atomic E-state index is 12.3. The summed E-state index contributed by atoms with van der Waals surface area (Å²) in [6, 6.07) is 8.04. The number of amides is 1. The quantitative estimate of drug-likeness (QED) is 0.640. The smallest absolute Gasteiger partial charge is 0.288 e.